The van der Waals surface area contributed by atoms with Crippen molar-refractivity contribution in [2.45, 2.75) is 11.9 Å². The molecule has 7 heteroatoms. The van der Waals surface area contributed by atoms with Crippen molar-refractivity contribution < 1.29 is 9.66 Å². The first-order chi connectivity index (χ1) is 10.0. The molecule has 0 amide bonds. The molecule has 0 fully saturated rings. The lowest BCUT2D eigenvalue weighted by Gasteiger charge is -2.11. The standard InChI is InChI=1S/C14H10Br3NO3/c15-7-10-5-11(16)2-4-14(10)21-8-9-1-3-12(18(19)20)6-13(9)17/h1-6H,7-8H2. The third kappa shape index (κ3) is 4.28. The molecule has 0 aliphatic heterocycles. The Morgan fingerprint density at radius 2 is 1.86 bits per heavy atom. The third-order valence-corrected chi connectivity index (χ3v) is 4.63. The van der Waals surface area contributed by atoms with Gasteiger partial charge in [-0.2, -0.15) is 0 Å². The second-order valence-electron chi connectivity index (χ2n) is 4.21. The summed E-state index contributed by atoms with van der Waals surface area (Å²) in [5, 5.41) is 11.4. The van der Waals surface area contributed by atoms with Gasteiger partial charge in [-0.15, -0.1) is 0 Å². The normalized spacial score (nSPS) is 10.4. The summed E-state index contributed by atoms with van der Waals surface area (Å²) in [7, 11) is 0. The van der Waals surface area contributed by atoms with Gasteiger partial charge >= 0.3 is 0 Å². The molecule has 2 aromatic rings. The quantitative estimate of drug-likeness (QED) is 0.319. The Morgan fingerprint density at radius 3 is 2.48 bits per heavy atom. The molecular formula is C14H10Br3NO3. The largest absolute Gasteiger partial charge is 0.489 e. The van der Waals surface area contributed by atoms with Gasteiger partial charge in [-0.1, -0.05) is 47.8 Å². The SMILES string of the molecule is O=[N+]([O-])c1ccc(COc2ccc(Br)cc2CBr)c(Br)c1. The van der Waals surface area contributed by atoms with Gasteiger partial charge in [0.1, 0.15) is 12.4 Å². The summed E-state index contributed by atoms with van der Waals surface area (Å²) in [6.45, 7) is 0.334. The number of benzene rings is 2. The zero-order valence-corrected chi connectivity index (χ0v) is 15.4. The molecule has 0 aromatic heterocycles. The molecular weight excluding hydrogens is 470 g/mol. The predicted molar refractivity (Wildman–Crippen MR) is 91.9 cm³/mol. The fourth-order valence-corrected chi connectivity index (χ4v) is 3.04. The van der Waals surface area contributed by atoms with Crippen LogP contribution in [0.5, 0.6) is 5.75 Å². The van der Waals surface area contributed by atoms with Crippen LogP contribution in [0.15, 0.2) is 45.3 Å². The third-order valence-electron chi connectivity index (χ3n) is 2.80. The molecule has 2 rings (SSSR count). The van der Waals surface area contributed by atoms with E-state index in [1.165, 1.54) is 12.1 Å². The summed E-state index contributed by atoms with van der Waals surface area (Å²) in [5.74, 6) is 0.778. The topological polar surface area (TPSA) is 52.4 Å². The van der Waals surface area contributed by atoms with Crippen LogP contribution in [0, 0.1) is 10.1 Å². The van der Waals surface area contributed by atoms with Crippen LogP contribution in [0.25, 0.3) is 0 Å². The summed E-state index contributed by atoms with van der Waals surface area (Å²) in [6.07, 6.45) is 0. The summed E-state index contributed by atoms with van der Waals surface area (Å²) in [6, 6.07) is 10.4. The van der Waals surface area contributed by atoms with Crippen LogP contribution in [0.1, 0.15) is 11.1 Å². The second kappa shape index (κ2) is 7.38. The molecule has 0 aliphatic carbocycles. The van der Waals surface area contributed by atoms with Gasteiger partial charge < -0.3 is 4.74 Å². The highest BCUT2D eigenvalue weighted by Gasteiger charge is 2.10. The van der Waals surface area contributed by atoms with Crippen LogP contribution in [0.4, 0.5) is 5.69 Å². The number of ether oxygens (including phenoxy) is 1. The van der Waals surface area contributed by atoms with Gasteiger partial charge in [0.05, 0.1) is 4.92 Å². The first-order valence-corrected chi connectivity index (χ1v) is 8.62. The van der Waals surface area contributed by atoms with E-state index in [4.69, 9.17) is 4.74 Å². The average molecular weight is 480 g/mol. The fourth-order valence-electron chi connectivity index (χ4n) is 1.72. The van der Waals surface area contributed by atoms with E-state index in [1.54, 1.807) is 6.07 Å². The van der Waals surface area contributed by atoms with Crippen molar-refractivity contribution >= 4 is 53.5 Å². The number of rotatable bonds is 5. The Morgan fingerprint density at radius 1 is 1.10 bits per heavy atom. The Kier molecular flexibility index (Phi) is 5.78. The van der Waals surface area contributed by atoms with Crippen LogP contribution in [-0.4, -0.2) is 4.92 Å². The zero-order valence-electron chi connectivity index (χ0n) is 10.7. The maximum Gasteiger partial charge on any atom is 0.270 e. The van der Waals surface area contributed by atoms with E-state index in [-0.39, 0.29) is 5.69 Å². The van der Waals surface area contributed by atoms with Crippen LogP contribution in [0.3, 0.4) is 0 Å². The van der Waals surface area contributed by atoms with Crippen molar-refractivity contribution in [1.82, 2.24) is 0 Å². The number of hydrogen-bond acceptors (Lipinski definition) is 3. The van der Waals surface area contributed by atoms with Crippen LogP contribution in [0.2, 0.25) is 0 Å². The fraction of sp³-hybridized carbons (Fsp3) is 0.143. The lowest BCUT2D eigenvalue weighted by Crippen LogP contribution is -1.99. The van der Waals surface area contributed by atoms with E-state index in [1.807, 2.05) is 18.2 Å². The molecule has 2 aromatic carbocycles. The van der Waals surface area contributed by atoms with Gasteiger partial charge in [0.2, 0.25) is 0 Å². The van der Waals surface area contributed by atoms with Gasteiger partial charge in [-0.3, -0.25) is 10.1 Å². The van der Waals surface area contributed by atoms with E-state index in [9.17, 15) is 10.1 Å². The number of halogens is 3. The number of hydrogen-bond donors (Lipinski definition) is 0. The van der Waals surface area contributed by atoms with E-state index in [0.717, 1.165) is 21.3 Å². The van der Waals surface area contributed by atoms with Gasteiger partial charge in [0.25, 0.3) is 5.69 Å². The Hall–Kier alpha value is -0.920. The predicted octanol–water partition coefficient (Wildman–Crippen LogP) is 5.59. The van der Waals surface area contributed by atoms with Crippen molar-refractivity contribution in [3.05, 3.63) is 66.6 Å². The highest BCUT2D eigenvalue weighted by molar-refractivity contribution is 9.10. The van der Waals surface area contributed by atoms with Crippen LogP contribution >= 0.6 is 47.8 Å². The van der Waals surface area contributed by atoms with E-state index >= 15 is 0 Å². The smallest absolute Gasteiger partial charge is 0.270 e. The lowest BCUT2D eigenvalue weighted by molar-refractivity contribution is -0.384. The van der Waals surface area contributed by atoms with E-state index in [0.29, 0.717) is 16.4 Å². The molecule has 0 aliphatic rings. The number of nitrogens with zero attached hydrogens (tertiary/aromatic N) is 1. The van der Waals surface area contributed by atoms with Crippen LogP contribution in [-0.2, 0) is 11.9 Å². The minimum Gasteiger partial charge on any atom is -0.489 e. The van der Waals surface area contributed by atoms with Crippen molar-refractivity contribution in [2.24, 2.45) is 0 Å². The van der Waals surface area contributed by atoms with Gasteiger partial charge in [-0.05, 0) is 24.3 Å². The summed E-state index contributed by atoms with van der Waals surface area (Å²) >= 11 is 10.2. The molecule has 0 saturated carbocycles. The maximum absolute atomic E-state index is 10.7. The van der Waals surface area contributed by atoms with Crippen molar-refractivity contribution in [1.29, 1.82) is 0 Å². The molecule has 0 atom stereocenters. The first-order valence-electron chi connectivity index (χ1n) is 5.91. The van der Waals surface area contributed by atoms with Gasteiger partial charge in [0, 0.05) is 37.5 Å². The molecule has 0 spiro atoms. The highest BCUT2D eigenvalue weighted by Crippen LogP contribution is 2.28. The molecule has 4 nitrogen and oxygen atoms in total. The molecule has 110 valence electrons. The Labute approximate surface area is 147 Å². The highest BCUT2D eigenvalue weighted by atomic mass is 79.9. The van der Waals surface area contributed by atoms with E-state index < -0.39 is 4.92 Å². The summed E-state index contributed by atoms with van der Waals surface area (Å²) in [5.41, 5.74) is 1.93. The second-order valence-corrected chi connectivity index (χ2v) is 6.54. The van der Waals surface area contributed by atoms with Gasteiger partial charge in [-0.25, -0.2) is 0 Å². The lowest BCUT2D eigenvalue weighted by atomic mass is 10.2. The van der Waals surface area contributed by atoms with E-state index in [2.05, 4.69) is 47.8 Å². The maximum atomic E-state index is 10.7. The molecule has 0 saturated heterocycles. The number of nitro groups is 1. The zero-order chi connectivity index (χ0) is 15.4. The first kappa shape index (κ1) is 16.5. The van der Waals surface area contributed by atoms with Crippen molar-refractivity contribution in [3.8, 4) is 5.75 Å². The molecule has 21 heavy (non-hydrogen) atoms. The number of nitro benzene ring substituents is 1. The monoisotopic (exact) mass is 477 g/mol. The summed E-state index contributed by atoms with van der Waals surface area (Å²) < 4.78 is 7.45. The molecule has 0 radical (unpaired) electrons. The molecule has 0 heterocycles. The van der Waals surface area contributed by atoms with Crippen molar-refractivity contribution in [2.75, 3.05) is 0 Å². The van der Waals surface area contributed by atoms with Crippen LogP contribution < -0.4 is 4.74 Å². The Balaban J connectivity index is 2.15. The van der Waals surface area contributed by atoms with Crippen molar-refractivity contribution in [3.63, 3.8) is 0 Å². The Bertz CT molecular complexity index is 677. The molecule has 0 N–H and O–H groups in total. The number of non-ortho nitro benzene ring substituents is 1. The minimum absolute atomic E-state index is 0.0513. The molecule has 0 bridgehead atoms. The summed E-state index contributed by atoms with van der Waals surface area (Å²) in [4.78, 5) is 10.3. The minimum atomic E-state index is -0.424. The number of alkyl halides is 1. The average Bonchev–Trinajstić information content (AvgIpc) is 2.46. The van der Waals surface area contributed by atoms with Gasteiger partial charge in [0.15, 0.2) is 0 Å². The molecule has 0 unspecified atom stereocenters.